The number of hydrogen-bond donors (Lipinski definition) is 1. The number of halogens is 2. The summed E-state index contributed by atoms with van der Waals surface area (Å²) in [5.74, 6) is -0.939. The second-order valence-electron chi connectivity index (χ2n) is 3.07. The lowest BCUT2D eigenvalue weighted by atomic mass is 10.1. The monoisotopic (exact) mass is 231 g/mol. The fourth-order valence-corrected chi connectivity index (χ4v) is 1.40. The van der Waals surface area contributed by atoms with Crippen molar-refractivity contribution in [2.75, 3.05) is 7.11 Å². The molecule has 0 aromatic heterocycles. The maximum absolute atomic E-state index is 12.7. The third-order valence-corrected chi connectivity index (χ3v) is 2.31. The minimum Gasteiger partial charge on any atom is -0.468 e. The number of carbonyl (C=O) groups excluding carboxylic acids is 1. The first kappa shape index (κ1) is 11.9. The summed E-state index contributed by atoms with van der Waals surface area (Å²) >= 11 is 5.77. The van der Waals surface area contributed by atoms with Crippen molar-refractivity contribution in [3.05, 3.63) is 34.6 Å². The summed E-state index contributed by atoms with van der Waals surface area (Å²) < 4.78 is 17.2. The lowest BCUT2D eigenvalue weighted by Crippen LogP contribution is -2.33. The van der Waals surface area contributed by atoms with Crippen molar-refractivity contribution in [2.45, 2.75) is 12.5 Å². The van der Waals surface area contributed by atoms with Crippen molar-refractivity contribution in [1.82, 2.24) is 0 Å². The van der Waals surface area contributed by atoms with E-state index in [1.54, 1.807) is 0 Å². The fraction of sp³-hybridized carbons (Fsp3) is 0.300. The van der Waals surface area contributed by atoms with Crippen LogP contribution in [0.25, 0.3) is 0 Å². The van der Waals surface area contributed by atoms with Gasteiger partial charge in [0.25, 0.3) is 0 Å². The highest BCUT2D eigenvalue weighted by atomic mass is 35.5. The Bertz CT molecular complexity index is 370. The number of methoxy groups -OCH3 is 1. The van der Waals surface area contributed by atoms with E-state index in [9.17, 15) is 9.18 Å². The molecule has 1 rings (SSSR count). The predicted molar refractivity (Wildman–Crippen MR) is 55.1 cm³/mol. The highest BCUT2D eigenvalue weighted by Crippen LogP contribution is 2.18. The number of ether oxygens (including phenoxy) is 1. The summed E-state index contributed by atoms with van der Waals surface area (Å²) in [6.07, 6.45) is 0.228. The highest BCUT2D eigenvalue weighted by molar-refractivity contribution is 6.31. The van der Waals surface area contributed by atoms with E-state index in [1.165, 1.54) is 25.3 Å². The lowest BCUT2D eigenvalue weighted by Gasteiger charge is -2.10. The van der Waals surface area contributed by atoms with Crippen LogP contribution in [0.2, 0.25) is 5.02 Å². The Morgan fingerprint density at radius 1 is 1.67 bits per heavy atom. The molecule has 1 aromatic rings. The van der Waals surface area contributed by atoms with Crippen LogP contribution in [0.5, 0.6) is 0 Å². The van der Waals surface area contributed by atoms with Gasteiger partial charge in [-0.15, -0.1) is 0 Å². The molecule has 0 aliphatic rings. The molecular weight excluding hydrogens is 221 g/mol. The van der Waals surface area contributed by atoms with E-state index in [-0.39, 0.29) is 11.4 Å². The number of hydrogen-bond acceptors (Lipinski definition) is 3. The van der Waals surface area contributed by atoms with Crippen LogP contribution in [-0.4, -0.2) is 19.1 Å². The third kappa shape index (κ3) is 3.18. The van der Waals surface area contributed by atoms with Gasteiger partial charge in [-0.05, 0) is 24.1 Å². The summed E-state index contributed by atoms with van der Waals surface area (Å²) in [7, 11) is 1.26. The van der Waals surface area contributed by atoms with Crippen LogP contribution in [0.1, 0.15) is 5.56 Å². The quantitative estimate of drug-likeness (QED) is 0.803. The zero-order valence-electron chi connectivity index (χ0n) is 8.17. The first-order valence-electron chi connectivity index (χ1n) is 4.32. The van der Waals surface area contributed by atoms with E-state index >= 15 is 0 Å². The van der Waals surface area contributed by atoms with Gasteiger partial charge < -0.3 is 10.5 Å². The number of carbonyl (C=O) groups is 1. The standard InChI is InChI=1S/C10H11ClFNO2/c1-15-10(14)9(13)4-6-2-3-7(12)5-8(6)11/h2-3,5,9H,4,13H2,1H3/t9-/m0/s1. The molecule has 82 valence electrons. The molecule has 0 amide bonds. The Morgan fingerprint density at radius 3 is 2.87 bits per heavy atom. The van der Waals surface area contributed by atoms with Gasteiger partial charge in [-0.2, -0.15) is 0 Å². The second-order valence-corrected chi connectivity index (χ2v) is 3.48. The molecule has 0 heterocycles. The normalized spacial score (nSPS) is 12.3. The SMILES string of the molecule is COC(=O)[C@@H](N)Cc1ccc(F)cc1Cl. The summed E-state index contributed by atoms with van der Waals surface area (Å²) in [5.41, 5.74) is 6.16. The Labute approximate surface area is 92.0 Å². The number of rotatable bonds is 3. The molecule has 0 fully saturated rings. The van der Waals surface area contributed by atoms with E-state index in [4.69, 9.17) is 17.3 Å². The van der Waals surface area contributed by atoms with Gasteiger partial charge in [0.05, 0.1) is 7.11 Å². The van der Waals surface area contributed by atoms with Crippen LogP contribution in [0.3, 0.4) is 0 Å². The van der Waals surface area contributed by atoms with Crippen LogP contribution in [0, 0.1) is 5.82 Å². The summed E-state index contributed by atoms with van der Waals surface area (Å²) in [6.45, 7) is 0. The van der Waals surface area contributed by atoms with Crippen molar-refractivity contribution in [2.24, 2.45) is 5.73 Å². The second kappa shape index (κ2) is 5.09. The number of nitrogens with two attached hydrogens (primary N) is 1. The van der Waals surface area contributed by atoms with Crippen molar-refractivity contribution in [1.29, 1.82) is 0 Å². The van der Waals surface area contributed by atoms with Gasteiger partial charge >= 0.3 is 5.97 Å². The van der Waals surface area contributed by atoms with Crippen molar-refractivity contribution in [3.8, 4) is 0 Å². The van der Waals surface area contributed by atoms with E-state index in [0.29, 0.717) is 5.56 Å². The van der Waals surface area contributed by atoms with Gasteiger partial charge in [-0.1, -0.05) is 17.7 Å². The highest BCUT2D eigenvalue weighted by Gasteiger charge is 2.15. The Hall–Kier alpha value is -1.13. The van der Waals surface area contributed by atoms with E-state index < -0.39 is 17.8 Å². The zero-order chi connectivity index (χ0) is 11.4. The molecule has 0 bridgehead atoms. The summed E-state index contributed by atoms with van der Waals surface area (Å²) in [5, 5.41) is 0.259. The molecule has 0 aliphatic carbocycles. The molecule has 0 saturated carbocycles. The van der Waals surface area contributed by atoms with Crippen molar-refractivity contribution >= 4 is 17.6 Å². The maximum atomic E-state index is 12.7. The van der Waals surface area contributed by atoms with Gasteiger partial charge in [0.1, 0.15) is 11.9 Å². The Kier molecular flexibility index (Phi) is 4.05. The lowest BCUT2D eigenvalue weighted by molar-refractivity contribution is -0.142. The molecule has 0 radical (unpaired) electrons. The molecule has 2 N–H and O–H groups in total. The topological polar surface area (TPSA) is 52.3 Å². The molecule has 0 aliphatic heterocycles. The molecule has 0 spiro atoms. The molecular formula is C10H11ClFNO2. The Morgan fingerprint density at radius 2 is 2.33 bits per heavy atom. The first-order valence-corrected chi connectivity index (χ1v) is 4.69. The van der Waals surface area contributed by atoms with Crippen LogP contribution in [0.15, 0.2) is 18.2 Å². The van der Waals surface area contributed by atoms with E-state index in [1.807, 2.05) is 0 Å². The summed E-state index contributed by atoms with van der Waals surface area (Å²) in [4.78, 5) is 11.0. The molecule has 1 aromatic carbocycles. The van der Waals surface area contributed by atoms with E-state index in [0.717, 1.165) is 0 Å². The van der Waals surface area contributed by atoms with Gasteiger partial charge in [0.2, 0.25) is 0 Å². The summed E-state index contributed by atoms with van der Waals surface area (Å²) in [6, 6.07) is 3.17. The maximum Gasteiger partial charge on any atom is 0.322 e. The minimum absolute atomic E-state index is 0.228. The van der Waals surface area contributed by atoms with Gasteiger partial charge in [-0.25, -0.2) is 4.39 Å². The largest absolute Gasteiger partial charge is 0.468 e. The molecule has 0 saturated heterocycles. The van der Waals surface area contributed by atoms with E-state index in [2.05, 4.69) is 4.74 Å². The van der Waals surface area contributed by atoms with Crippen molar-refractivity contribution < 1.29 is 13.9 Å². The molecule has 3 nitrogen and oxygen atoms in total. The molecule has 5 heteroatoms. The molecule has 15 heavy (non-hydrogen) atoms. The van der Waals surface area contributed by atoms with Crippen LogP contribution < -0.4 is 5.73 Å². The van der Waals surface area contributed by atoms with Gasteiger partial charge in [0, 0.05) is 5.02 Å². The fourth-order valence-electron chi connectivity index (χ4n) is 1.16. The zero-order valence-corrected chi connectivity index (χ0v) is 8.92. The molecule has 0 unspecified atom stereocenters. The van der Waals surface area contributed by atoms with Gasteiger partial charge in [0.15, 0.2) is 0 Å². The smallest absolute Gasteiger partial charge is 0.322 e. The first-order chi connectivity index (χ1) is 7.04. The predicted octanol–water partition coefficient (Wildman–Crippen LogP) is 1.52. The van der Waals surface area contributed by atoms with Crippen LogP contribution in [0.4, 0.5) is 4.39 Å². The van der Waals surface area contributed by atoms with Crippen molar-refractivity contribution in [3.63, 3.8) is 0 Å². The minimum atomic E-state index is -0.780. The van der Waals surface area contributed by atoms with Gasteiger partial charge in [-0.3, -0.25) is 4.79 Å². The van der Waals surface area contributed by atoms with Crippen LogP contribution >= 0.6 is 11.6 Å². The third-order valence-electron chi connectivity index (χ3n) is 1.96. The average molecular weight is 232 g/mol. The number of esters is 1. The number of benzene rings is 1. The average Bonchev–Trinajstić information content (AvgIpc) is 2.20. The van der Waals surface area contributed by atoms with Crippen LogP contribution in [-0.2, 0) is 16.0 Å². The Balaban J connectivity index is 2.76. The molecule has 1 atom stereocenters.